The molecule has 1 aromatic rings. The van der Waals surface area contributed by atoms with Crippen molar-refractivity contribution in [2.75, 3.05) is 26.2 Å². The van der Waals surface area contributed by atoms with Gasteiger partial charge < -0.3 is 26.8 Å². The molecule has 0 saturated carbocycles. The number of ether oxygens (including phenoxy) is 1. The molecule has 0 unspecified atom stereocenters. The number of hydrogen-bond donors (Lipinski definition) is 0. The molecule has 2 rings (SSSR count). The maximum absolute atomic E-state index is 13.4. The largest absolute Gasteiger partial charge is 0.510 e. The molecule has 0 radical (unpaired) electrons. The zero-order chi connectivity index (χ0) is 22.9. The Morgan fingerprint density at radius 2 is 1.70 bits per heavy atom. The average Bonchev–Trinajstić information content (AvgIpc) is 2.54. The minimum absolute atomic E-state index is 0.0459. The molecule has 1 amide bonds. The van der Waals surface area contributed by atoms with Gasteiger partial charge in [0.15, 0.2) is 0 Å². The molecule has 1 saturated heterocycles. The Labute approximate surface area is 173 Å². The van der Waals surface area contributed by atoms with E-state index in [1.165, 1.54) is 4.90 Å². The summed E-state index contributed by atoms with van der Waals surface area (Å²) in [6, 6.07) is 1.99. The third kappa shape index (κ3) is 7.04. The summed E-state index contributed by atoms with van der Waals surface area (Å²) in [6.07, 6.45) is -0.469. The molecule has 30 heavy (non-hydrogen) atoms. The van der Waals surface area contributed by atoms with Crippen molar-refractivity contribution < 1.29 is 39.0 Å². The predicted molar refractivity (Wildman–Crippen MR) is 104 cm³/mol. The Morgan fingerprint density at radius 3 is 2.17 bits per heavy atom. The first-order valence-corrected chi connectivity index (χ1v) is 10.5. The summed E-state index contributed by atoms with van der Waals surface area (Å²) in [5.41, 5.74) is -2.06. The van der Waals surface area contributed by atoms with E-state index in [-0.39, 0.29) is 12.1 Å². The maximum atomic E-state index is 13.4. The Bertz CT molecular complexity index is 895. The van der Waals surface area contributed by atoms with Crippen LogP contribution in [0.3, 0.4) is 0 Å². The summed E-state index contributed by atoms with van der Waals surface area (Å²) in [5.74, 6) is -0.698. The quantitative estimate of drug-likeness (QED) is 0.386. The van der Waals surface area contributed by atoms with Crippen molar-refractivity contribution in [3.63, 3.8) is 0 Å². The van der Waals surface area contributed by atoms with Crippen LogP contribution in [0.4, 0.5) is 21.6 Å². The van der Waals surface area contributed by atoms with Gasteiger partial charge in [-0.25, -0.2) is 4.79 Å². The summed E-state index contributed by atoms with van der Waals surface area (Å²) in [6.45, 7) is 2.22. The van der Waals surface area contributed by atoms with E-state index in [1.807, 2.05) is 0 Å². The molecule has 0 atom stereocenters. The van der Waals surface area contributed by atoms with Crippen LogP contribution in [0.1, 0.15) is 31.9 Å². The summed E-state index contributed by atoms with van der Waals surface area (Å²) >= 11 is 0. The Morgan fingerprint density at radius 1 is 1.13 bits per heavy atom. The smallest absolute Gasteiger partial charge is 0.445 e. The van der Waals surface area contributed by atoms with E-state index in [4.69, 9.17) is 4.74 Å². The molecule has 0 spiro atoms. The molecule has 1 aromatic carbocycles. The number of carbonyl (C=O) groups excluding carboxylic acids is 1. The molecular formula is C17H24BF4N2O5S-. The molecule has 7 nitrogen and oxygen atoms in total. The highest BCUT2D eigenvalue weighted by Gasteiger charge is 2.31. The van der Waals surface area contributed by atoms with Gasteiger partial charge in [0.2, 0.25) is 0 Å². The van der Waals surface area contributed by atoms with Crippen LogP contribution in [0.2, 0.25) is 0 Å². The highest BCUT2D eigenvalue weighted by Crippen LogP contribution is 2.25. The molecule has 1 heterocycles. The number of carbonyl (C=O) groups is 1. The molecule has 1 aliphatic heterocycles. The van der Waals surface area contributed by atoms with Gasteiger partial charge in [-0.05, 0) is 44.9 Å². The molecule has 170 valence electrons. The van der Waals surface area contributed by atoms with Gasteiger partial charge in [-0.1, -0.05) is 9.95 Å². The SMILES string of the molecule is Cc1c(OS(=O)(=O)F)cc(CN2CCN(C(=O)OC(C)(C)C)CC2)cc1[B-](F)(F)F. The molecule has 1 fully saturated rings. The summed E-state index contributed by atoms with van der Waals surface area (Å²) < 4.78 is 84.1. The third-order valence-corrected chi connectivity index (χ3v) is 4.81. The fourth-order valence-corrected chi connectivity index (χ4v) is 3.45. The lowest BCUT2D eigenvalue weighted by Crippen LogP contribution is -2.49. The van der Waals surface area contributed by atoms with Crippen LogP contribution in [-0.4, -0.2) is 63.1 Å². The van der Waals surface area contributed by atoms with Crippen LogP contribution in [0.15, 0.2) is 12.1 Å². The molecule has 1 aliphatic rings. The second kappa shape index (κ2) is 8.62. The Balaban J connectivity index is 2.15. The van der Waals surface area contributed by atoms with Gasteiger partial charge >= 0.3 is 23.6 Å². The van der Waals surface area contributed by atoms with E-state index < -0.39 is 46.0 Å². The van der Waals surface area contributed by atoms with Gasteiger partial charge in [0, 0.05) is 32.7 Å². The normalized spacial score (nSPS) is 16.5. The molecular weight excluding hydrogens is 431 g/mol. The second-order valence-electron chi connectivity index (χ2n) is 8.10. The zero-order valence-corrected chi connectivity index (χ0v) is 17.9. The Hall–Kier alpha value is -2.02. The second-order valence-corrected chi connectivity index (χ2v) is 9.06. The summed E-state index contributed by atoms with van der Waals surface area (Å²) in [4.78, 5) is 15.4. The molecule has 0 N–H and O–H groups in total. The summed E-state index contributed by atoms with van der Waals surface area (Å²) in [7, 11) is -5.48. The maximum Gasteiger partial charge on any atom is 0.510 e. The Kier molecular flexibility index (Phi) is 6.97. The number of amides is 1. The van der Waals surface area contributed by atoms with E-state index in [9.17, 15) is 30.0 Å². The third-order valence-electron chi connectivity index (χ3n) is 4.43. The van der Waals surface area contributed by atoms with E-state index in [0.717, 1.165) is 19.1 Å². The van der Waals surface area contributed by atoms with Gasteiger partial charge in [0.25, 0.3) is 0 Å². The van der Waals surface area contributed by atoms with Crippen molar-refractivity contribution in [1.29, 1.82) is 0 Å². The highest BCUT2D eigenvalue weighted by atomic mass is 32.3. The molecule has 13 heteroatoms. The molecule has 0 aliphatic carbocycles. The fourth-order valence-electron chi connectivity index (χ4n) is 3.07. The first kappa shape index (κ1) is 24.3. The minimum Gasteiger partial charge on any atom is -0.445 e. The number of piperazine rings is 1. The van der Waals surface area contributed by atoms with E-state index in [1.54, 1.807) is 25.7 Å². The first-order chi connectivity index (χ1) is 13.5. The van der Waals surface area contributed by atoms with Crippen LogP contribution in [-0.2, 0) is 21.8 Å². The number of hydrogen-bond acceptors (Lipinski definition) is 6. The fraction of sp³-hybridized carbons (Fsp3) is 0.588. The van der Waals surface area contributed by atoms with Crippen LogP contribution < -0.4 is 9.65 Å². The lowest BCUT2D eigenvalue weighted by Gasteiger charge is -2.35. The van der Waals surface area contributed by atoms with Crippen LogP contribution in [0, 0.1) is 6.92 Å². The monoisotopic (exact) mass is 455 g/mol. The van der Waals surface area contributed by atoms with E-state index in [2.05, 4.69) is 4.18 Å². The zero-order valence-electron chi connectivity index (χ0n) is 17.1. The van der Waals surface area contributed by atoms with E-state index in [0.29, 0.717) is 26.2 Å². The van der Waals surface area contributed by atoms with Crippen molar-refractivity contribution in [1.82, 2.24) is 9.80 Å². The van der Waals surface area contributed by atoms with Crippen LogP contribution in [0.25, 0.3) is 0 Å². The van der Waals surface area contributed by atoms with Crippen molar-refractivity contribution in [3.05, 3.63) is 23.3 Å². The van der Waals surface area contributed by atoms with Crippen LogP contribution in [0.5, 0.6) is 5.75 Å². The molecule has 0 aromatic heterocycles. The van der Waals surface area contributed by atoms with Gasteiger partial charge in [-0.15, -0.1) is 5.46 Å². The first-order valence-electron chi connectivity index (χ1n) is 9.23. The lowest BCUT2D eigenvalue weighted by atomic mass is 9.76. The van der Waals surface area contributed by atoms with Crippen molar-refractivity contribution in [3.8, 4) is 5.75 Å². The number of benzene rings is 1. The summed E-state index contributed by atoms with van der Waals surface area (Å²) in [5, 5.41) is 0. The average molecular weight is 455 g/mol. The van der Waals surface area contributed by atoms with Gasteiger partial charge in [-0.2, -0.15) is 8.42 Å². The van der Waals surface area contributed by atoms with Crippen molar-refractivity contribution >= 4 is 29.0 Å². The highest BCUT2D eigenvalue weighted by molar-refractivity contribution is 7.81. The topological polar surface area (TPSA) is 76.2 Å². The van der Waals surface area contributed by atoms with Crippen LogP contribution >= 0.6 is 0 Å². The van der Waals surface area contributed by atoms with Gasteiger partial charge in [0.05, 0.1) is 0 Å². The molecule has 0 bridgehead atoms. The van der Waals surface area contributed by atoms with Crippen molar-refractivity contribution in [2.24, 2.45) is 0 Å². The lowest BCUT2D eigenvalue weighted by molar-refractivity contribution is 0.0139. The van der Waals surface area contributed by atoms with E-state index >= 15 is 0 Å². The predicted octanol–water partition coefficient (Wildman–Crippen LogP) is 2.70. The van der Waals surface area contributed by atoms with Gasteiger partial charge in [0.1, 0.15) is 11.4 Å². The number of halogens is 4. The standard InChI is InChI=1S/C17H24BF4N2O5S/c1-12-14(18(19,20)21)9-13(10-15(12)29-30(22,26)27)11-23-5-7-24(8-6-23)16(25)28-17(2,3)4/h9-10H,5-8,11H2,1-4H3/q-1. The van der Waals surface area contributed by atoms with Crippen molar-refractivity contribution in [2.45, 2.75) is 39.8 Å². The number of rotatable bonds is 5. The minimum atomic E-state index is -5.48. The van der Waals surface area contributed by atoms with Gasteiger partial charge in [-0.3, -0.25) is 4.90 Å². The number of nitrogens with zero attached hydrogens (tertiary/aromatic N) is 2.